The van der Waals surface area contributed by atoms with Gasteiger partial charge in [-0.1, -0.05) is 29.8 Å². The van der Waals surface area contributed by atoms with Gasteiger partial charge in [0.1, 0.15) is 11.4 Å². The van der Waals surface area contributed by atoms with E-state index in [9.17, 15) is 33.0 Å². The molecule has 0 unspecified atom stereocenters. The van der Waals surface area contributed by atoms with Crippen molar-refractivity contribution >= 4 is 46.3 Å². The molecule has 1 amide bonds. The standard InChI is InChI=1S/C30H21ClF3N3O4/c1-15-6-8-21(10-16(15)2)37-25-12-19(30(32,33)34)7-9-22(25)26(28(37)39)36-35-24-14-20(31)13-23(27(24)38)17-4-3-5-18(11-17)29(40)41/h3-14,35,38H,1-2H3,(H,40,41)/b36-26-. The second-order valence-electron chi connectivity index (χ2n) is 9.45. The first-order chi connectivity index (χ1) is 19.3. The van der Waals surface area contributed by atoms with Crippen LogP contribution in [0.4, 0.5) is 30.2 Å². The van der Waals surface area contributed by atoms with Crippen LogP contribution in [0.2, 0.25) is 5.02 Å². The van der Waals surface area contributed by atoms with Gasteiger partial charge in [-0.25, -0.2) is 4.79 Å². The summed E-state index contributed by atoms with van der Waals surface area (Å²) >= 11 is 6.27. The highest BCUT2D eigenvalue weighted by Crippen LogP contribution is 2.42. The monoisotopic (exact) mass is 579 g/mol. The number of nitrogens with one attached hydrogen (secondary N) is 1. The minimum Gasteiger partial charge on any atom is -0.505 e. The summed E-state index contributed by atoms with van der Waals surface area (Å²) in [6, 6.07) is 16.7. The van der Waals surface area contributed by atoms with Gasteiger partial charge in [-0.05, 0) is 85.1 Å². The van der Waals surface area contributed by atoms with Gasteiger partial charge in [0, 0.05) is 21.8 Å². The van der Waals surface area contributed by atoms with Gasteiger partial charge in [-0.15, -0.1) is 0 Å². The number of fused-ring (bicyclic) bond motifs is 1. The van der Waals surface area contributed by atoms with Gasteiger partial charge in [0.2, 0.25) is 0 Å². The molecule has 0 saturated heterocycles. The van der Waals surface area contributed by atoms with E-state index in [0.717, 1.165) is 28.2 Å². The zero-order valence-electron chi connectivity index (χ0n) is 21.5. The van der Waals surface area contributed by atoms with Gasteiger partial charge in [0.15, 0.2) is 5.71 Å². The van der Waals surface area contributed by atoms with E-state index in [0.29, 0.717) is 11.3 Å². The third kappa shape index (κ3) is 5.21. The molecule has 4 aromatic carbocycles. The lowest BCUT2D eigenvalue weighted by Gasteiger charge is -2.19. The number of carbonyl (C=O) groups is 2. The molecule has 4 aromatic rings. The number of hydrogen-bond donors (Lipinski definition) is 3. The zero-order valence-corrected chi connectivity index (χ0v) is 22.3. The van der Waals surface area contributed by atoms with E-state index in [4.69, 9.17) is 11.6 Å². The van der Waals surface area contributed by atoms with Crippen LogP contribution in [0.1, 0.15) is 32.6 Å². The summed E-state index contributed by atoms with van der Waals surface area (Å²) in [5.74, 6) is -2.16. The molecule has 41 heavy (non-hydrogen) atoms. The molecule has 0 fully saturated rings. The Balaban J connectivity index is 1.59. The van der Waals surface area contributed by atoms with Crippen LogP contribution < -0.4 is 10.3 Å². The number of nitrogens with zero attached hydrogens (tertiary/aromatic N) is 2. The number of benzene rings is 4. The number of aromatic carboxylic acids is 1. The van der Waals surface area contributed by atoms with Gasteiger partial charge >= 0.3 is 12.1 Å². The number of aryl methyl sites for hydroxylation is 2. The van der Waals surface area contributed by atoms with Crippen molar-refractivity contribution in [1.29, 1.82) is 0 Å². The average molecular weight is 580 g/mol. The van der Waals surface area contributed by atoms with Crippen LogP contribution in [0.3, 0.4) is 0 Å². The molecular weight excluding hydrogens is 559 g/mol. The highest BCUT2D eigenvalue weighted by molar-refractivity contribution is 6.55. The molecule has 3 N–H and O–H groups in total. The zero-order chi connectivity index (χ0) is 29.6. The van der Waals surface area contributed by atoms with Crippen LogP contribution >= 0.6 is 11.6 Å². The van der Waals surface area contributed by atoms with Crippen LogP contribution in [-0.4, -0.2) is 27.8 Å². The van der Waals surface area contributed by atoms with E-state index in [-0.39, 0.29) is 44.5 Å². The summed E-state index contributed by atoms with van der Waals surface area (Å²) in [4.78, 5) is 26.2. The molecular formula is C30H21ClF3N3O4. The maximum Gasteiger partial charge on any atom is 0.416 e. The second-order valence-corrected chi connectivity index (χ2v) is 9.88. The highest BCUT2D eigenvalue weighted by atomic mass is 35.5. The van der Waals surface area contributed by atoms with Crippen LogP contribution in [0, 0.1) is 13.8 Å². The Morgan fingerprint density at radius 1 is 0.951 bits per heavy atom. The fourth-order valence-electron chi connectivity index (χ4n) is 4.49. The molecule has 1 aliphatic rings. The van der Waals surface area contributed by atoms with Crippen molar-refractivity contribution in [3.05, 3.63) is 106 Å². The predicted molar refractivity (Wildman–Crippen MR) is 150 cm³/mol. The molecule has 11 heteroatoms. The Hall–Kier alpha value is -4.83. The summed E-state index contributed by atoms with van der Waals surface area (Å²) < 4.78 is 40.7. The van der Waals surface area contributed by atoms with Crippen molar-refractivity contribution in [2.75, 3.05) is 10.3 Å². The van der Waals surface area contributed by atoms with Crippen molar-refractivity contribution in [3.63, 3.8) is 0 Å². The number of carboxylic acid groups (broad SMARTS) is 1. The van der Waals surface area contributed by atoms with Crippen molar-refractivity contribution in [2.45, 2.75) is 20.0 Å². The number of rotatable bonds is 5. The maximum atomic E-state index is 13.6. The number of amides is 1. The second kappa shape index (κ2) is 10.3. The number of hydrogen-bond acceptors (Lipinski definition) is 5. The van der Waals surface area contributed by atoms with Crippen LogP contribution in [-0.2, 0) is 11.0 Å². The van der Waals surface area contributed by atoms with Gasteiger partial charge < -0.3 is 10.2 Å². The van der Waals surface area contributed by atoms with Crippen LogP contribution in [0.5, 0.6) is 5.75 Å². The van der Waals surface area contributed by atoms with E-state index in [2.05, 4.69) is 10.5 Å². The minimum absolute atomic E-state index is 0.00514. The Kier molecular flexibility index (Phi) is 6.96. The number of phenolic OH excluding ortho intramolecular Hbond substituents is 1. The lowest BCUT2D eigenvalue weighted by Crippen LogP contribution is -2.26. The Morgan fingerprint density at radius 3 is 2.39 bits per heavy atom. The van der Waals surface area contributed by atoms with Crippen LogP contribution in [0.15, 0.2) is 77.9 Å². The third-order valence-electron chi connectivity index (χ3n) is 6.76. The summed E-state index contributed by atoms with van der Waals surface area (Å²) in [5.41, 5.74) is 4.40. The van der Waals surface area contributed by atoms with Gasteiger partial charge in [0.05, 0.1) is 16.8 Å². The number of hydrazone groups is 1. The average Bonchev–Trinajstić information content (AvgIpc) is 3.20. The normalized spacial score (nSPS) is 14.0. The third-order valence-corrected chi connectivity index (χ3v) is 6.98. The lowest BCUT2D eigenvalue weighted by atomic mass is 10.0. The predicted octanol–water partition coefficient (Wildman–Crippen LogP) is 7.54. The quantitative estimate of drug-likeness (QED) is 0.167. The van der Waals surface area contributed by atoms with Gasteiger partial charge in [-0.3, -0.25) is 15.1 Å². The van der Waals surface area contributed by atoms with E-state index >= 15 is 0 Å². The summed E-state index contributed by atoms with van der Waals surface area (Å²) in [6.45, 7) is 3.70. The molecule has 0 aromatic heterocycles. The van der Waals surface area contributed by atoms with E-state index in [1.54, 1.807) is 24.3 Å². The lowest BCUT2D eigenvalue weighted by molar-refractivity contribution is -0.137. The van der Waals surface area contributed by atoms with E-state index in [1.165, 1.54) is 36.4 Å². The highest BCUT2D eigenvalue weighted by Gasteiger charge is 2.39. The number of aromatic hydroxyl groups is 1. The minimum atomic E-state index is -4.63. The molecule has 1 heterocycles. The molecule has 208 valence electrons. The number of alkyl halides is 3. The Morgan fingerprint density at radius 2 is 1.71 bits per heavy atom. The molecule has 0 radical (unpaired) electrons. The molecule has 5 rings (SSSR count). The van der Waals surface area contributed by atoms with Crippen molar-refractivity contribution in [3.8, 4) is 16.9 Å². The first kappa shape index (κ1) is 27.7. The fraction of sp³-hybridized carbons (Fsp3) is 0.100. The summed E-state index contributed by atoms with van der Waals surface area (Å²) in [6.07, 6.45) is -4.63. The topological polar surface area (TPSA) is 102 Å². The number of carbonyl (C=O) groups excluding carboxylic acids is 1. The Bertz CT molecular complexity index is 1770. The van der Waals surface area contributed by atoms with E-state index < -0.39 is 23.6 Å². The number of phenols is 1. The Labute approximate surface area is 237 Å². The van der Waals surface area contributed by atoms with Crippen molar-refractivity contribution < 1.29 is 33.0 Å². The van der Waals surface area contributed by atoms with Crippen molar-refractivity contribution in [2.24, 2.45) is 5.10 Å². The number of halogens is 4. The molecule has 7 nitrogen and oxygen atoms in total. The molecule has 0 saturated carbocycles. The van der Waals surface area contributed by atoms with Gasteiger partial charge in [-0.2, -0.15) is 18.3 Å². The first-order valence-corrected chi connectivity index (χ1v) is 12.6. The van der Waals surface area contributed by atoms with Gasteiger partial charge in [0.25, 0.3) is 5.91 Å². The summed E-state index contributed by atoms with van der Waals surface area (Å²) in [7, 11) is 0. The van der Waals surface area contributed by atoms with Crippen molar-refractivity contribution in [1.82, 2.24) is 0 Å². The molecule has 1 aliphatic heterocycles. The fourth-order valence-corrected chi connectivity index (χ4v) is 4.71. The van der Waals surface area contributed by atoms with Crippen LogP contribution in [0.25, 0.3) is 11.1 Å². The number of anilines is 3. The molecule has 0 aliphatic carbocycles. The smallest absolute Gasteiger partial charge is 0.416 e. The first-order valence-electron chi connectivity index (χ1n) is 12.2. The molecule has 0 atom stereocenters. The largest absolute Gasteiger partial charge is 0.505 e. The number of carboxylic acids is 1. The SMILES string of the molecule is Cc1ccc(N2C(=O)/C(=N\Nc3cc(Cl)cc(-c4cccc(C(=O)O)c4)c3O)c3ccc(C(F)(F)F)cc32)cc1C. The van der Waals surface area contributed by atoms with E-state index in [1.807, 2.05) is 13.8 Å². The summed E-state index contributed by atoms with van der Waals surface area (Å²) in [5, 5.41) is 24.7. The molecule has 0 spiro atoms. The maximum absolute atomic E-state index is 13.6. The molecule has 0 bridgehead atoms.